The molecule has 0 aliphatic carbocycles. The molecule has 2 aromatic heterocycles. The van der Waals surface area contributed by atoms with Crippen molar-refractivity contribution in [3.8, 4) is 0 Å². The molecule has 5 heteroatoms. The lowest BCUT2D eigenvalue weighted by molar-refractivity contribution is 0.867. The van der Waals surface area contributed by atoms with Crippen LogP contribution >= 0.6 is 0 Å². The lowest BCUT2D eigenvalue weighted by Gasteiger charge is -2.21. The van der Waals surface area contributed by atoms with Gasteiger partial charge in [-0.2, -0.15) is 0 Å². The van der Waals surface area contributed by atoms with Crippen LogP contribution < -0.4 is 10.2 Å². The van der Waals surface area contributed by atoms with E-state index in [1.807, 2.05) is 26.4 Å². The first kappa shape index (κ1) is 13.3. The minimum Gasteiger partial charge on any atom is -0.373 e. The molecule has 0 saturated heterocycles. The number of rotatable bonds is 5. The first-order valence-electron chi connectivity index (χ1n) is 6.38. The molecule has 0 fully saturated rings. The van der Waals surface area contributed by atoms with E-state index < -0.39 is 0 Å². The van der Waals surface area contributed by atoms with E-state index in [1.54, 1.807) is 12.5 Å². The highest BCUT2D eigenvalue weighted by Crippen LogP contribution is 2.23. The van der Waals surface area contributed by atoms with Crippen molar-refractivity contribution in [2.24, 2.45) is 0 Å². The second-order valence-electron chi connectivity index (χ2n) is 4.35. The lowest BCUT2D eigenvalue weighted by atomic mass is 10.2. The van der Waals surface area contributed by atoms with Crippen molar-refractivity contribution in [3.63, 3.8) is 0 Å². The normalized spacial score (nSPS) is 10.3. The van der Waals surface area contributed by atoms with Gasteiger partial charge in [-0.1, -0.05) is 13.0 Å². The average molecular weight is 257 g/mol. The molecule has 5 nitrogen and oxygen atoms in total. The number of anilines is 2. The van der Waals surface area contributed by atoms with Gasteiger partial charge < -0.3 is 10.2 Å². The van der Waals surface area contributed by atoms with Gasteiger partial charge in [0.05, 0.1) is 0 Å². The number of hydrogen-bond donors (Lipinski definition) is 1. The van der Waals surface area contributed by atoms with Crippen LogP contribution in [0.2, 0.25) is 0 Å². The Morgan fingerprint density at radius 1 is 1.32 bits per heavy atom. The van der Waals surface area contributed by atoms with Gasteiger partial charge in [-0.05, 0) is 18.1 Å². The molecule has 0 radical (unpaired) electrons. The first-order valence-corrected chi connectivity index (χ1v) is 6.38. The van der Waals surface area contributed by atoms with Crippen molar-refractivity contribution >= 4 is 11.6 Å². The van der Waals surface area contributed by atoms with E-state index in [1.165, 1.54) is 0 Å². The van der Waals surface area contributed by atoms with E-state index in [0.717, 1.165) is 35.7 Å². The predicted molar refractivity (Wildman–Crippen MR) is 77.3 cm³/mol. The van der Waals surface area contributed by atoms with Crippen LogP contribution in [-0.4, -0.2) is 29.0 Å². The molecule has 19 heavy (non-hydrogen) atoms. The molecule has 0 unspecified atom stereocenters. The van der Waals surface area contributed by atoms with Gasteiger partial charge in [0.25, 0.3) is 0 Å². The monoisotopic (exact) mass is 257 g/mol. The Labute approximate surface area is 113 Å². The summed E-state index contributed by atoms with van der Waals surface area (Å²) in [5.74, 6) is 1.86. The van der Waals surface area contributed by atoms with Crippen LogP contribution in [0.1, 0.15) is 18.1 Å². The fraction of sp³-hybridized carbons (Fsp3) is 0.357. The first-order chi connectivity index (χ1) is 9.26. The highest BCUT2D eigenvalue weighted by atomic mass is 15.2. The Morgan fingerprint density at radius 2 is 2.16 bits per heavy atom. The molecule has 0 aliphatic heterocycles. The summed E-state index contributed by atoms with van der Waals surface area (Å²) in [6, 6.07) is 4.01. The zero-order valence-corrected chi connectivity index (χ0v) is 11.6. The zero-order chi connectivity index (χ0) is 13.7. The van der Waals surface area contributed by atoms with Crippen molar-refractivity contribution in [1.29, 1.82) is 0 Å². The molecule has 2 heterocycles. The lowest BCUT2D eigenvalue weighted by Crippen LogP contribution is -2.20. The van der Waals surface area contributed by atoms with Crippen molar-refractivity contribution in [2.75, 3.05) is 24.3 Å². The van der Waals surface area contributed by atoms with Crippen molar-refractivity contribution < 1.29 is 0 Å². The molecule has 0 atom stereocenters. The average Bonchev–Trinajstić information content (AvgIpc) is 2.47. The molecule has 2 aromatic rings. The minimum absolute atomic E-state index is 0.779. The van der Waals surface area contributed by atoms with Gasteiger partial charge >= 0.3 is 0 Å². The van der Waals surface area contributed by atoms with Crippen molar-refractivity contribution in [1.82, 2.24) is 15.0 Å². The summed E-state index contributed by atoms with van der Waals surface area (Å²) in [5.41, 5.74) is 2.30. The zero-order valence-electron chi connectivity index (χ0n) is 11.6. The van der Waals surface area contributed by atoms with Gasteiger partial charge in [0.15, 0.2) is 0 Å². The summed E-state index contributed by atoms with van der Waals surface area (Å²) >= 11 is 0. The number of hydrogen-bond acceptors (Lipinski definition) is 5. The molecular formula is C14H19N5. The quantitative estimate of drug-likeness (QED) is 0.889. The maximum absolute atomic E-state index is 4.41. The van der Waals surface area contributed by atoms with E-state index in [-0.39, 0.29) is 0 Å². The summed E-state index contributed by atoms with van der Waals surface area (Å²) in [5, 5.41) is 3.12. The van der Waals surface area contributed by atoms with Crippen molar-refractivity contribution in [3.05, 3.63) is 42.0 Å². The molecule has 0 saturated carbocycles. The molecule has 0 spiro atoms. The second kappa shape index (κ2) is 6.13. The van der Waals surface area contributed by atoms with Crippen LogP contribution in [0.3, 0.4) is 0 Å². The van der Waals surface area contributed by atoms with Gasteiger partial charge in [-0.3, -0.25) is 4.98 Å². The summed E-state index contributed by atoms with van der Waals surface area (Å²) in [7, 11) is 3.92. The number of nitrogens with one attached hydrogen (secondary N) is 1. The number of aromatic nitrogens is 3. The molecular weight excluding hydrogens is 238 g/mol. The van der Waals surface area contributed by atoms with Crippen LogP contribution in [0.5, 0.6) is 0 Å². The Balaban J connectivity index is 2.26. The van der Waals surface area contributed by atoms with Gasteiger partial charge in [-0.25, -0.2) is 9.97 Å². The molecule has 0 amide bonds. The van der Waals surface area contributed by atoms with E-state index in [9.17, 15) is 0 Å². The maximum Gasteiger partial charge on any atom is 0.137 e. The summed E-state index contributed by atoms with van der Waals surface area (Å²) in [6.45, 7) is 2.89. The standard InChI is InChI=1S/C14H19N5/c1-4-12-13(15-2)17-10-18-14(12)19(3)9-11-6-5-7-16-8-11/h5-8,10H,4,9H2,1-3H3,(H,15,17,18). The Morgan fingerprint density at radius 3 is 2.79 bits per heavy atom. The minimum atomic E-state index is 0.779. The molecule has 100 valence electrons. The maximum atomic E-state index is 4.41. The summed E-state index contributed by atoms with van der Waals surface area (Å²) in [4.78, 5) is 14.9. The van der Waals surface area contributed by atoms with Crippen LogP contribution in [-0.2, 0) is 13.0 Å². The number of pyridine rings is 1. The van der Waals surface area contributed by atoms with E-state index in [0.29, 0.717) is 0 Å². The van der Waals surface area contributed by atoms with Crippen LogP contribution in [0, 0.1) is 0 Å². The SMILES string of the molecule is CCc1c(NC)ncnc1N(C)Cc1cccnc1. The van der Waals surface area contributed by atoms with Gasteiger partial charge in [0.1, 0.15) is 18.0 Å². The third kappa shape index (κ3) is 2.99. The molecule has 2 rings (SSSR count). The van der Waals surface area contributed by atoms with Crippen LogP contribution in [0.4, 0.5) is 11.6 Å². The highest BCUT2D eigenvalue weighted by molar-refractivity contribution is 5.58. The van der Waals surface area contributed by atoms with Crippen LogP contribution in [0.15, 0.2) is 30.9 Å². The van der Waals surface area contributed by atoms with Gasteiger partial charge in [-0.15, -0.1) is 0 Å². The Hall–Kier alpha value is -2.17. The molecule has 0 bridgehead atoms. The van der Waals surface area contributed by atoms with E-state index in [4.69, 9.17) is 0 Å². The third-order valence-corrected chi connectivity index (χ3v) is 3.02. The van der Waals surface area contributed by atoms with Gasteiger partial charge in [0.2, 0.25) is 0 Å². The molecule has 0 aromatic carbocycles. The van der Waals surface area contributed by atoms with E-state index >= 15 is 0 Å². The summed E-state index contributed by atoms with van der Waals surface area (Å²) < 4.78 is 0. The van der Waals surface area contributed by atoms with Crippen molar-refractivity contribution in [2.45, 2.75) is 19.9 Å². The Kier molecular flexibility index (Phi) is 4.28. The van der Waals surface area contributed by atoms with Crippen LogP contribution in [0.25, 0.3) is 0 Å². The predicted octanol–water partition coefficient (Wildman–Crippen LogP) is 2.11. The van der Waals surface area contributed by atoms with E-state index in [2.05, 4.69) is 38.2 Å². The second-order valence-corrected chi connectivity index (χ2v) is 4.35. The topological polar surface area (TPSA) is 53.9 Å². The largest absolute Gasteiger partial charge is 0.373 e. The highest BCUT2D eigenvalue weighted by Gasteiger charge is 2.12. The Bertz CT molecular complexity index is 527. The smallest absolute Gasteiger partial charge is 0.137 e. The fourth-order valence-corrected chi connectivity index (χ4v) is 2.11. The number of nitrogens with zero attached hydrogens (tertiary/aromatic N) is 4. The molecule has 1 N–H and O–H groups in total. The van der Waals surface area contributed by atoms with Gasteiger partial charge in [0, 0.05) is 38.6 Å². The molecule has 0 aliphatic rings. The summed E-state index contributed by atoms with van der Waals surface area (Å²) in [6.07, 6.45) is 6.15. The third-order valence-electron chi connectivity index (χ3n) is 3.02. The fourth-order valence-electron chi connectivity index (χ4n) is 2.11.